The van der Waals surface area contributed by atoms with Crippen LogP contribution >= 0.6 is 11.8 Å². The molecule has 3 saturated heterocycles. The Balaban J connectivity index is 1.62. The molecule has 3 N–H and O–H groups in total. The highest BCUT2D eigenvalue weighted by molar-refractivity contribution is 8.02. The van der Waals surface area contributed by atoms with Crippen LogP contribution < -0.4 is 15.4 Å². The van der Waals surface area contributed by atoms with Crippen LogP contribution in [0.2, 0.25) is 0 Å². The van der Waals surface area contributed by atoms with Crippen LogP contribution in [0.4, 0.5) is 5.69 Å². The number of likely N-dealkylation sites (tertiary alicyclic amines) is 1. The third kappa shape index (κ3) is 5.09. The van der Waals surface area contributed by atoms with Gasteiger partial charge in [0.1, 0.15) is 11.8 Å². The summed E-state index contributed by atoms with van der Waals surface area (Å²) in [6.45, 7) is 9.09. The molecule has 9 heteroatoms. The number of unbranched alkanes of at least 4 members (excludes halogenated alkanes) is 1. The zero-order valence-electron chi connectivity index (χ0n) is 22.4. The SMILES string of the molecule is CCCC(C)NC(=O)C1N(CCCCO)C(=O)[C@@H]2[C@H](C(=O)Nc3ccc(OCC)cc3)[C@]3(C)CCC12S3. The first kappa shape index (κ1) is 27.8. The van der Waals surface area contributed by atoms with E-state index in [-0.39, 0.29) is 30.4 Å². The average molecular weight is 532 g/mol. The van der Waals surface area contributed by atoms with Gasteiger partial charge in [-0.25, -0.2) is 0 Å². The molecule has 3 fully saturated rings. The Labute approximate surface area is 224 Å². The summed E-state index contributed by atoms with van der Waals surface area (Å²) in [5.74, 6) is -0.747. The van der Waals surface area contributed by atoms with Crippen LogP contribution in [0.25, 0.3) is 0 Å². The Hall–Kier alpha value is -2.26. The molecule has 204 valence electrons. The van der Waals surface area contributed by atoms with Crippen LogP contribution in [0.1, 0.15) is 66.2 Å². The smallest absolute Gasteiger partial charge is 0.244 e. The summed E-state index contributed by atoms with van der Waals surface area (Å²) in [6, 6.07) is 6.66. The van der Waals surface area contributed by atoms with E-state index in [0.717, 1.165) is 31.4 Å². The van der Waals surface area contributed by atoms with Crippen LogP contribution in [0.5, 0.6) is 5.75 Å². The summed E-state index contributed by atoms with van der Waals surface area (Å²) in [5.41, 5.74) is 0.659. The Morgan fingerprint density at radius 2 is 1.92 bits per heavy atom. The number of thioether (sulfide) groups is 1. The highest BCUT2D eigenvalue weighted by Crippen LogP contribution is 2.71. The van der Waals surface area contributed by atoms with Gasteiger partial charge < -0.3 is 25.4 Å². The van der Waals surface area contributed by atoms with Crippen molar-refractivity contribution in [2.45, 2.75) is 87.8 Å². The average Bonchev–Trinajstić information content (AvgIpc) is 3.41. The lowest BCUT2D eigenvalue weighted by Gasteiger charge is -2.35. The first-order valence-corrected chi connectivity index (χ1v) is 14.5. The number of nitrogens with zero attached hydrogens (tertiary/aromatic N) is 1. The van der Waals surface area contributed by atoms with Gasteiger partial charge in [0.05, 0.1) is 23.2 Å². The largest absolute Gasteiger partial charge is 0.494 e. The Bertz CT molecular complexity index is 1000. The van der Waals surface area contributed by atoms with Gasteiger partial charge in [0, 0.05) is 29.6 Å². The maximum absolute atomic E-state index is 14.0. The van der Waals surface area contributed by atoms with E-state index in [2.05, 4.69) is 24.5 Å². The molecular formula is C28H41N3O5S. The minimum absolute atomic E-state index is 0.0142. The van der Waals surface area contributed by atoms with Gasteiger partial charge >= 0.3 is 0 Å². The maximum Gasteiger partial charge on any atom is 0.244 e. The van der Waals surface area contributed by atoms with E-state index in [0.29, 0.717) is 31.7 Å². The van der Waals surface area contributed by atoms with Crippen LogP contribution in [0.3, 0.4) is 0 Å². The van der Waals surface area contributed by atoms with Gasteiger partial charge in [0.25, 0.3) is 0 Å². The normalized spacial score (nSPS) is 30.8. The number of ether oxygens (including phenoxy) is 1. The van der Waals surface area contributed by atoms with Crippen LogP contribution in [0.15, 0.2) is 24.3 Å². The highest BCUT2D eigenvalue weighted by atomic mass is 32.2. The van der Waals surface area contributed by atoms with Crippen molar-refractivity contribution in [2.24, 2.45) is 11.8 Å². The molecule has 3 amide bonds. The first-order valence-electron chi connectivity index (χ1n) is 13.7. The van der Waals surface area contributed by atoms with E-state index < -0.39 is 27.4 Å². The summed E-state index contributed by atoms with van der Waals surface area (Å²) in [7, 11) is 0. The summed E-state index contributed by atoms with van der Waals surface area (Å²) in [6.07, 6.45) is 4.51. The molecule has 1 aromatic carbocycles. The third-order valence-electron chi connectivity index (χ3n) is 8.16. The quantitative estimate of drug-likeness (QED) is 0.356. The number of rotatable bonds is 12. The highest BCUT2D eigenvalue weighted by Gasteiger charge is 2.77. The molecule has 3 aliphatic heterocycles. The number of benzene rings is 1. The molecule has 3 aliphatic rings. The summed E-state index contributed by atoms with van der Waals surface area (Å²) in [4.78, 5) is 43.2. The molecule has 37 heavy (non-hydrogen) atoms. The number of aliphatic hydroxyl groups excluding tert-OH is 1. The fourth-order valence-electron chi connectivity index (χ4n) is 6.61. The van der Waals surface area contributed by atoms with Gasteiger partial charge in [-0.15, -0.1) is 11.8 Å². The van der Waals surface area contributed by atoms with Gasteiger partial charge in [-0.05, 0) is 77.1 Å². The van der Waals surface area contributed by atoms with E-state index >= 15 is 0 Å². The second-order valence-corrected chi connectivity index (χ2v) is 12.7. The van der Waals surface area contributed by atoms with Gasteiger partial charge in [0.2, 0.25) is 17.7 Å². The Morgan fingerprint density at radius 1 is 1.19 bits per heavy atom. The maximum atomic E-state index is 14.0. The van der Waals surface area contributed by atoms with Crippen molar-refractivity contribution < 1.29 is 24.2 Å². The van der Waals surface area contributed by atoms with Crippen molar-refractivity contribution in [3.8, 4) is 5.75 Å². The number of anilines is 1. The molecule has 0 saturated carbocycles. The van der Waals surface area contributed by atoms with Crippen molar-refractivity contribution in [2.75, 3.05) is 25.1 Å². The van der Waals surface area contributed by atoms with E-state index in [1.807, 2.05) is 38.1 Å². The molecule has 1 spiro atoms. The Kier molecular flexibility index (Phi) is 8.43. The molecule has 3 heterocycles. The fraction of sp³-hybridized carbons (Fsp3) is 0.679. The minimum atomic E-state index is -0.623. The topological polar surface area (TPSA) is 108 Å². The first-order chi connectivity index (χ1) is 17.7. The molecular weight excluding hydrogens is 490 g/mol. The second kappa shape index (κ2) is 11.2. The molecule has 8 nitrogen and oxygen atoms in total. The molecule has 6 atom stereocenters. The predicted molar refractivity (Wildman–Crippen MR) is 146 cm³/mol. The van der Waals surface area contributed by atoms with Gasteiger partial charge in [0.15, 0.2) is 0 Å². The van der Waals surface area contributed by atoms with E-state index in [1.165, 1.54) is 0 Å². The molecule has 0 aliphatic carbocycles. The zero-order valence-corrected chi connectivity index (χ0v) is 23.2. The summed E-state index contributed by atoms with van der Waals surface area (Å²) in [5, 5.41) is 15.5. The summed E-state index contributed by atoms with van der Waals surface area (Å²) >= 11 is 1.68. The molecule has 0 radical (unpaired) electrons. The summed E-state index contributed by atoms with van der Waals surface area (Å²) < 4.78 is 4.46. The number of aliphatic hydroxyl groups is 1. The van der Waals surface area contributed by atoms with Gasteiger partial charge in [-0.1, -0.05) is 13.3 Å². The van der Waals surface area contributed by atoms with Crippen molar-refractivity contribution in [1.82, 2.24) is 10.2 Å². The molecule has 1 aromatic rings. The van der Waals surface area contributed by atoms with Crippen LogP contribution in [-0.4, -0.2) is 69.1 Å². The number of amides is 3. The van der Waals surface area contributed by atoms with Crippen molar-refractivity contribution >= 4 is 35.2 Å². The van der Waals surface area contributed by atoms with Crippen LogP contribution in [-0.2, 0) is 14.4 Å². The number of hydrogen-bond acceptors (Lipinski definition) is 6. The monoisotopic (exact) mass is 531 g/mol. The van der Waals surface area contributed by atoms with Crippen molar-refractivity contribution in [3.63, 3.8) is 0 Å². The molecule has 0 aromatic heterocycles. The molecule has 3 unspecified atom stereocenters. The lowest BCUT2D eigenvalue weighted by atomic mass is 9.66. The van der Waals surface area contributed by atoms with E-state index in [1.54, 1.807) is 16.7 Å². The number of hydrogen-bond donors (Lipinski definition) is 3. The number of carbonyl (C=O) groups is 3. The van der Waals surface area contributed by atoms with E-state index in [4.69, 9.17) is 4.74 Å². The standard InChI is InChI=1S/C28H41N3O5S/c1-5-9-18(3)29-25(34)23-28-15-14-27(4,37-28)21(22(28)26(35)31(23)16-7-8-17-32)24(33)30-19-10-12-20(13-11-19)36-6-2/h10-13,18,21-23,32H,5-9,14-17H2,1-4H3,(H,29,34)(H,30,33)/t18?,21-,22+,23?,27+,28?/m1/s1. The predicted octanol–water partition coefficient (Wildman–Crippen LogP) is 3.58. The van der Waals surface area contributed by atoms with Crippen LogP contribution in [0, 0.1) is 11.8 Å². The third-order valence-corrected chi connectivity index (χ3v) is 10.1. The molecule has 2 bridgehead atoms. The fourth-order valence-corrected chi connectivity index (χ4v) is 8.97. The minimum Gasteiger partial charge on any atom is -0.494 e. The number of nitrogens with one attached hydrogen (secondary N) is 2. The Morgan fingerprint density at radius 3 is 2.57 bits per heavy atom. The van der Waals surface area contributed by atoms with Gasteiger partial charge in [-0.3, -0.25) is 14.4 Å². The number of carbonyl (C=O) groups excluding carboxylic acids is 3. The number of fused-ring (bicyclic) bond motifs is 1. The van der Waals surface area contributed by atoms with Crippen molar-refractivity contribution in [1.29, 1.82) is 0 Å². The van der Waals surface area contributed by atoms with Crippen molar-refractivity contribution in [3.05, 3.63) is 24.3 Å². The van der Waals surface area contributed by atoms with Gasteiger partial charge in [-0.2, -0.15) is 0 Å². The second-order valence-electron chi connectivity index (χ2n) is 10.8. The van der Waals surface area contributed by atoms with E-state index in [9.17, 15) is 19.5 Å². The lowest BCUT2D eigenvalue weighted by molar-refractivity contribution is -0.139. The zero-order chi connectivity index (χ0) is 26.8. The molecule has 4 rings (SSSR count). The lowest BCUT2D eigenvalue weighted by Crippen LogP contribution is -2.55.